The standard InChI is InChI=1S/C14H20ClFN2/c1-9-4-2-3-5-10(9)8-18-14-7-12(16)11(15)6-13(14)17/h6-7,9-10,18H,2-5,8,17H2,1H3. The van der Waals surface area contributed by atoms with Crippen molar-refractivity contribution < 1.29 is 4.39 Å². The van der Waals surface area contributed by atoms with Crippen LogP contribution in [0.4, 0.5) is 15.8 Å². The van der Waals surface area contributed by atoms with E-state index in [0.717, 1.165) is 12.5 Å². The third-order valence-electron chi connectivity index (χ3n) is 3.94. The van der Waals surface area contributed by atoms with Gasteiger partial charge in [0.2, 0.25) is 0 Å². The highest BCUT2D eigenvalue weighted by atomic mass is 35.5. The summed E-state index contributed by atoms with van der Waals surface area (Å²) >= 11 is 5.68. The largest absolute Gasteiger partial charge is 0.397 e. The molecule has 1 aliphatic carbocycles. The molecule has 2 unspecified atom stereocenters. The summed E-state index contributed by atoms with van der Waals surface area (Å²) in [4.78, 5) is 0. The van der Waals surface area contributed by atoms with Gasteiger partial charge in [0.25, 0.3) is 0 Å². The summed E-state index contributed by atoms with van der Waals surface area (Å²) in [6.07, 6.45) is 5.15. The van der Waals surface area contributed by atoms with Crippen LogP contribution in [0.2, 0.25) is 5.02 Å². The van der Waals surface area contributed by atoms with Gasteiger partial charge in [-0.2, -0.15) is 0 Å². The first-order chi connectivity index (χ1) is 8.58. The molecule has 4 heteroatoms. The van der Waals surface area contributed by atoms with E-state index in [2.05, 4.69) is 12.2 Å². The lowest BCUT2D eigenvalue weighted by Crippen LogP contribution is -2.24. The number of hydrogen-bond acceptors (Lipinski definition) is 2. The van der Waals surface area contributed by atoms with Gasteiger partial charge in [0, 0.05) is 12.6 Å². The molecule has 100 valence electrons. The van der Waals surface area contributed by atoms with Crippen LogP contribution in [0.5, 0.6) is 0 Å². The van der Waals surface area contributed by atoms with Crippen LogP contribution in [0.1, 0.15) is 32.6 Å². The minimum atomic E-state index is -0.426. The Morgan fingerprint density at radius 1 is 1.39 bits per heavy atom. The highest BCUT2D eigenvalue weighted by Gasteiger charge is 2.21. The molecule has 2 rings (SSSR count). The van der Waals surface area contributed by atoms with E-state index in [0.29, 0.717) is 17.3 Å². The zero-order chi connectivity index (χ0) is 13.1. The van der Waals surface area contributed by atoms with Crippen molar-refractivity contribution in [3.63, 3.8) is 0 Å². The second kappa shape index (κ2) is 5.79. The van der Waals surface area contributed by atoms with Crippen LogP contribution in [0.25, 0.3) is 0 Å². The van der Waals surface area contributed by atoms with Crippen molar-refractivity contribution in [1.82, 2.24) is 0 Å². The number of nitrogens with two attached hydrogens (primary N) is 1. The fourth-order valence-corrected chi connectivity index (χ4v) is 2.82. The van der Waals surface area contributed by atoms with E-state index in [9.17, 15) is 4.39 Å². The lowest BCUT2D eigenvalue weighted by atomic mass is 9.80. The Bertz CT molecular complexity index is 423. The Kier molecular flexibility index (Phi) is 4.33. The normalized spacial score (nSPS) is 23.9. The SMILES string of the molecule is CC1CCCCC1CNc1cc(F)c(Cl)cc1N. The number of anilines is 2. The molecule has 0 amide bonds. The van der Waals surface area contributed by atoms with Gasteiger partial charge in [-0.25, -0.2) is 4.39 Å². The Morgan fingerprint density at radius 3 is 2.83 bits per heavy atom. The molecule has 2 atom stereocenters. The van der Waals surface area contributed by atoms with Gasteiger partial charge >= 0.3 is 0 Å². The zero-order valence-electron chi connectivity index (χ0n) is 10.7. The van der Waals surface area contributed by atoms with E-state index < -0.39 is 5.82 Å². The van der Waals surface area contributed by atoms with Crippen LogP contribution in [0.3, 0.4) is 0 Å². The molecule has 0 aromatic heterocycles. The lowest BCUT2D eigenvalue weighted by Gasteiger charge is -2.29. The molecule has 1 fully saturated rings. The third-order valence-corrected chi connectivity index (χ3v) is 4.23. The van der Waals surface area contributed by atoms with E-state index in [4.69, 9.17) is 17.3 Å². The summed E-state index contributed by atoms with van der Waals surface area (Å²) in [5, 5.41) is 3.33. The van der Waals surface area contributed by atoms with Gasteiger partial charge in [-0.05, 0) is 24.3 Å². The number of rotatable bonds is 3. The molecule has 0 aliphatic heterocycles. The highest BCUT2D eigenvalue weighted by Crippen LogP contribution is 2.31. The quantitative estimate of drug-likeness (QED) is 0.804. The first kappa shape index (κ1) is 13.5. The number of benzene rings is 1. The Balaban J connectivity index is 1.99. The van der Waals surface area contributed by atoms with Crippen molar-refractivity contribution in [3.8, 4) is 0 Å². The second-order valence-electron chi connectivity index (χ2n) is 5.26. The maximum Gasteiger partial charge on any atom is 0.143 e. The first-order valence-electron chi connectivity index (χ1n) is 6.56. The van der Waals surface area contributed by atoms with Crippen molar-refractivity contribution in [2.24, 2.45) is 11.8 Å². The van der Waals surface area contributed by atoms with E-state index >= 15 is 0 Å². The minimum Gasteiger partial charge on any atom is -0.397 e. The Hall–Kier alpha value is -0.960. The molecule has 1 aliphatic rings. The first-order valence-corrected chi connectivity index (χ1v) is 6.94. The molecule has 1 aromatic carbocycles. The van der Waals surface area contributed by atoms with Crippen LogP contribution in [-0.4, -0.2) is 6.54 Å². The number of nitrogens with one attached hydrogen (secondary N) is 1. The van der Waals surface area contributed by atoms with Gasteiger partial charge in [-0.3, -0.25) is 0 Å². The smallest absolute Gasteiger partial charge is 0.143 e. The molecular formula is C14H20ClFN2. The van der Waals surface area contributed by atoms with Crippen molar-refractivity contribution in [3.05, 3.63) is 23.0 Å². The summed E-state index contributed by atoms with van der Waals surface area (Å²) < 4.78 is 13.4. The van der Waals surface area contributed by atoms with E-state index in [1.165, 1.54) is 37.8 Å². The van der Waals surface area contributed by atoms with E-state index in [1.54, 1.807) is 0 Å². The van der Waals surface area contributed by atoms with Crippen molar-refractivity contribution in [1.29, 1.82) is 0 Å². The summed E-state index contributed by atoms with van der Waals surface area (Å²) in [5.74, 6) is 0.951. The molecule has 3 N–H and O–H groups in total. The summed E-state index contributed by atoms with van der Waals surface area (Å²) in [6.45, 7) is 3.14. The van der Waals surface area contributed by atoms with Gasteiger partial charge in [-0.15, -0.1) is 0 Å². The summed E-state index contributed by atoms with van der Waals surface area (Å²) in [5.41, 5.74) is 6.98. The summed E-state index contributed by atoms with van der Waals surface area (Å²) in [6, 6.07) is 2.84. The zero-order valence-corrected chi connectivity index (χ0v) is 11.4. The van der Waals surface area contributed by atoms with Gasteiger partial charge < -0.3 is 11.1 Å². The lowest BCUT2D eigenvalue weighted by molar-refractivity contribution is 0.268. The van der Waals surface area contributed by atoms with Crippen LogP contribution < -0.4 is 11.1 Å². The molecule has 18 heavy (non-hydrogen) atoms. The van der Waals surface area contributed by atoms with Crippen molar-refractivity contribution in [2.75, 3.05) is 17.6 Å². The van der Waals surface area contributed by atoms with Gasteiger partial charge in [-0.1, -0.05) is 37.8 Å². The predicted octanol–water partition coefficient (Wildman–Crippen LogP) is 4.30. The number of hydrogen-bond donors (Lipinski definition) is 2. The molecule has 1 aromatic rings. The fourth-order valence-electron chi connectivity index (χ4n) is 2.65. The summed E-state index contributed by atoms with van der Waals surface area (Å²) in [7, 11) is 0. The molecule has 0 heterocycles. The minimum absolute atomic E-state index is 0.0732. The van der Waals surface area contributed by atoms with Gasteiger partial charge in [0.05, 0.1) is 16.4 Å². The van der Waals surface area contributed by atoms with E-state index in [1.807, 2.05) is 0 Å². The average Bonchev–Trinajstić information content (AvgIpc) is 2.34. The van der Waals surface area contributed by atoms with Crippen LogP contribution in [0.15, 0.2) is 12.1 Å². The Morgan fingerprint density at radius 2 is 2.11 bits per heavy atom. The molecular weight excluding hydrogens is 251 g/mol. The number of halogens is 2. The van der Waals surface area contributed by atoms with Crippen LogP contribution in [-0.2, 0) is 0 Å². The maximum absolute atomic E-state index is 13.4. The molecule has 1 saturated carbocycles. The number of nitrogen functional groups attached to an aromatic ring is 1. The fraction of sp³-hybridized carbons (Fsp3) is 0.571. The van der Waals surface area contributed by atoms with Crippen molar-refractivity contribution in [2.45, 2.75) is 32.6 Å². The topological polar surface area (TPSA) is 38.0 Å². The maximum atomic E-state index is 13.4. The molecule has 0 bridgehead atoms. The molecule has 2 nitrogen and oxygen atoms in total. The predicted molar refractivity (Wildman–Crippen MR) is 75.4 cm³/mol. The van der Waals surface area contributed by atoms with Crippen molar-refractivity contribution >= 4 is 23.0 Å². The van der Waals surface area contributed by atoms with E-state index in [-0.39, 0.29) is 5.02 Å². The molecule has 0 radical (unpaired) electrons. The highest BCUT2D eigenvalue weighted by molar-refractivity contribution is 6.31. The van der Waals surface area contributed by atoms with Crippen LogP contribution >= 0.6 is 11.6 Å². The molecule has 0 spiro atoms. The molecule has 0 saturated heterocycles. The Labute approximate surface area is 113 Å². The van der Waals surface area contributed by atoms with Gasteiger partial charge in [0.1, 0.15) is 5.82 Å². The average molecular weight is 271 g/mol. The van der Waals surface area contributed by atoms with Gasteiger partial charge in [0.15, 0.2) is 0 Å². The second-order valence-corrected chi connectivity index (χ2v) is 5.66. The third kappa shape index (κ3) is 3.08. The van der Waals surface area contributed by atoms with Crippen LogP contribution in [0, 0.1) is 17.7 Å². The monoisotopic (exact) mass is 270 g/mol.